The summed E-state index contributed by atoms with van der Waals surface area (Å²) in [5.74, 6) is 0.142. The number of likely N-dealkylation sites (tertiary alicyclic amines) is 1. The fourth-order valence-corrected chi connectivity index (χ4v) is 2.66. The monoisotopic (exact) mass is 260 g/mol. The average Bonchev–Trinajstić information content (AvgIpc) is 2.80. The van der Waals surface area contributed by atoms with Crippen molar-refractivity contribution >= 4 is 5.84 Å². The second kappa shape index (κ2) is 5.72. The van der Waals surface area contributed by atoms with Gasteiger partial charge < -0.3 is 10.6 Å². The van der Waals surface area contributed by atoms with Crippen LogP contribution >= 0.6 is 0 Å². The van der Waals surface area contributed by atoms with Gasteiger partial charge in [-0.25, -0.2) is 0 Å². The first kappa shape index (κ1) is 14.0. The average molecular weight is 260 g/mol. The number of nitrogens with one attached hydrogen (secondary N) is 1. The molecular formula is C15H24N4. The number of rotatable bonds is 4. The van der Waals surface area contributed by atoms with E-state index in [1.807, 2.05) is 12.1 Å². The van der Waals surface area contributed by atoms with E-state index in [9.17, 15) is 0 Å². The predicted octanol–water partition coefficient (Wildman–Crippen LogP) is 1.41. The van der Waals surface area contributed by atoms with Crippen molar-refractivity contribution in [3.8, 4) is 0 Å². The highest BCUT2D eigenvalue weighted by atomic mass is 15.2. The lowest BCUT2D eigenvalue weighted by atomic mass is 10.0. The second-order valence-corrected chi connectivity index (χ2v) is 5.70. The molecule has 4 nitrogen and oxygen atoms in total. The minimum atomic E-state index is 0.142. The number of nitrogen functional groups attached to an aromatic ring is 1. The highest BCUT2D eigenvalue weighted by Crippen LogP contribution is 2.19. The Morgan fingerprint density at radius 1 is 1.47 bits per heavy atom. The summed E-state index contributed by atoms with van der Waals surface area (Å²) >= 11 is 0. The Bertz CT molecular complexity index is 467. The van der Waals surface area contributed by atoms with E-state index >= 15 is 0 Å². The van der Waals surface area contributed by atoms with E-state index in [4.69, 9.17) is 11.1 Å². The maximum absolute atomic E-state index is 7.46. The van der Waals surface area contributed by atoms with Gasteiger partial charge in [-0.05, 0) is 44.6 Å². The molecule has 0 spiro atoms. The Labute approximate surface area is 115 Å². The number of likely N-dealkylation sites (N-methyl/N-ethyl adjacent to an activating group) is 1. The molecule has 2 rings (SSSR count). The summed E-state index contributed by atoms with van der Waals surface area (Å²) in [6.07, 6.45) is 1.25. The number of nitrogens with two attached hydrogens (primary N) is 1. The molecule has 0 amide bonds. The quantitative estimate of drug-likeness (QED) is 0.636. The number of hydrogen-bond donors (Lipinski definition) is 2. The molecule has 1 fully saturated rings. The van der Waals surface area contributed by atoms with Gasteiger partial charge in [0.2, 0.25) is 0 Å². The van der Waals surface area contributed by atoms with Gasteiger partial charge in [-0.1, -0.05) is 12.1 Å². The molecule has 4 heteroatoms. The van der Waals surface area contributed by atoms with Crippen LogP contribution in [-0.2, 0) is 6.54 Å². The molecule has 1 aromatic rings. The first-order chi connectivity index (χ1) is 8.97. The smallest absolute Gasteiger partial charge is 0.122 e. The number of nitrogens with zero attached hydrogens (tertiary/aromatic N) is 2. The van der Waals surface area contributed by atoms with Crippen molar-refractivity contribution in [3.05, 3.63) is 34.9 Å². The van der Waals surface area contributed by atoms with Crippen molar-refractivity contribution in [2.45, 2.75) is 25.9 Å². The molecular weight excluding hydrogens is 236 g/mol. The molecule has 3 N–H and O–H groups in total. The zero-order valence-electron chi connectivity index (χ0n) is 12.1. The Balaban J connectivity index is 2.02. The fraction of sp³-hybridized carbons (Fsp3) is 0.533. The molecule has 1 aliphatic heterocycles. The topological polar surface area (TPSA) is 56.4 Å². The standard InChI is InChI=1S/C15H24N4/c1-11-8-12(15(16)17)4-5-13(11)9-19-7-6-14(10-19)18(2)3/h4-5,8,14H,6-7,9-10H2,1-3H3,(H3,16,17). The predicted molar refractivity (Wildman–Crippen MR) is 79.6 cm³/mol. The molecule has 0 radical (unpaired) electrons. The van der Waals surface area contributed by atoms with E-state index in [1.165, 1.54) is 17.5 Å². The zero-order valence-corrected chi connectivity index (χ0v) is 12.1. The van der Waals surface area contributed by atoms with Crippen LogP contribution < -0.4 is 5.73 Å². The normalized spacial score (nSPS) is 20.1. The van der Waals surface area contributed by atoms with Crippen LogP contribution in [0.4, 0.5) is 0 Å². The fourth-order valence-electron chi connectivity index (χ4n) is 2.66. The van der Waals surface area contributed by atoms with Crippen molar-refractivity contribution in [1.82, 2.24) is 9.80 Å². The van der Waals surface area contributed by atoms with E-state index in [1.54, 1.807) is 0 Å². The summed E-state index contributed by atoms with van der Waals surface area (Å²) in [5, 5.41) is 7.46. The van der Waals surface area contributed by atoms with E-state index in [-0.39, 0.29) is 5.84 Å². The Kier molecular flexibility index (Phi) is 4.22. The largest absolute Gasteiger partial charge is 0.384 e. The van der Waals surface area contributed by atoms with Crippen LogP contribution in [0.2, 0.25) is 0 Å². The van der Waals surface area contributed by atoms with E-state index in [0.717, 1.165) is 25.2 Å². The van der Waals surface area contributed by atoms with Gasteiger partial charge in [0, 0.05) is 31.2 Å². The van der Waals surface area contributed by atoms with E-state index in [0.29, 0.717) is 6.04 Å². The Hall–Kier alpha value is -1.39. The van der Waals surface area contributed by atoms with Gasteiger partial charge >= 0.3 is 0 Å². The third kappa shape index (κ3) is 3.33. The summed E-state index contributed by atoms with van der Waals surface area (Å²) in [5.41, 5.74) is 8.89. The number of amidine groups is 1. The molecule has 1 aromatic carbocycles. The van der Waals surface area contributed by atoms with Gasteiger partial charge in [-0.2, -0.15) is 0 Å². The zero-order chi connectivity index (χ0) is 14.0. The molecule has 0 aliphatic carbocycles. The second-order valence-electron chi connectivity index (χ2n) is 5.70. The van der Waals surface area contributed by atoms with Gasteiger partial charge in [0.1, 0.15) is 5.84 Å². The highest BCUT2D eigenvalue weighted by Gasteiger charge is 2.23. The van der Waals surface area contributed by atoms with Gasteiger partial charge in [0.25, 0.3) is 0 Å². The first-order valence-electron chi connectivity index (χ1n) is 6.80. The van der Waals surface area contributed by atoms with Crippen LogP contribution in [0.3, 0.4) is 0 Å². The maximum atomic E-state index is 7.46. The lowest BCUT2D eigenvalue weighted by molar-refractivity contribution is 0.264. The van der Waals surface area contributed by atoms with Crippen LogP contribution in [0, 0.1) is 12.3 Å². The SMILES string of the molecule is Cc1cc(C(=N)N)ccc1CN1CCC(N(C)C)C1. The molecule has 19 heavy (non-hydrogen) atoms. The lowest BCUT2D eigenvalue weighted by Gasteiger charge is -2.21. The molecule has 104 valence electrons. The molecule has 1 atom stereocenters. The highest BCUT2D eigenvalue weighted by molar-refractivity contribution is 5.95. The third-order valence-electron chi connectivity index (χ3n) is 4.03. The summed E-state index contributed by atoms with van der Waals surface area (Å²) in [6, 6.07) is 6.74. The van der Waals surface area contributed by atoms with Gasteiger partial charge in [-0.15, -0.1) is 0 Å². The molecule has 0 aromatic heterocycles. The number of aryl methyl sites for hydroxylation is 1. The van der Waals surface area contributed by atoms with E-state index in [2.05, 4.69) is 36.9 Å². The molecule has 1 unspecified atom stereocenters. The number of benzene rings is 1. The summed E-state index contributed by atoms with van der Waals surface area (Å²) < 4.78 is 0. The molecule has 1 aliphatic rings. The number of hydrogen-bond acceptors (Lipinski definition) is 3. The summed E-state index contributed by atoms with van der Waals surface area (Å²) in [7, 11) is 4.31. The third-order valence-corrected chi connectivity index (χ3v) is 4.03. The van der Waals surface area contributed by atoms with Crippen molar-refractivity contribution < 1.29 is 0 Å². The minimum Gasteiger partial charge on any atom is -0.384 e. The van der Waals surface area contributed by atoms with Gasteiger partial charge in [-0.3, -0.25) is 10.3 Å². The van der Waals surface area contributed by atoms with Crippen LogP contribution in [-0.4, -0.2) is 48.9 Å². The van der Waals surface area contributed by atoms with Crippen LogP contribution in [0.1, 0.15) is 23.1 Å². The van der Waals surface area contributed by atoms with E-state index < -0.39 is 0 Å². The van der Waals surface area contributed by atoms with Crippen molar-refractivity contribution in [3.63, 3.8) is 0 Å². The van der Waals surface area contributed by atoms with Gasteiger partial charge in [0.05, 0.1) is 0 Å². The van der Waals surface area contributed by atoms with Crippen LogP contribution in [0.25, 0.3) is 0 Å². The Morgan fingerprint density at radius 2 is 2.21 bits per heavy atom. The van der Waals surface area contributed by atoms with Gasteiger partial charge in [0.15, 0.2) is 0 Å². The van der Waals surface area contributed by atoms with Crippen LogP contribution in [0.15, 0.2) is 18.2 Å². The Morgan fingerprint density at radius 3 is 2.74 bits per heavy atom. The molecule has 1 saturated heterocycles. The summed E-state index contributed by atoms with van der Waals surface area (Å²) in [6.45, 7) is 5.40. The van der Waals surface area contributed by atoms with Crippen molar-refractivity contribution in [2.75, 3.05) is 27.2 Å². The summed E-state index contributed by atoms with van der Waals surface area (Å²) in [4.78, 5) is 4.81. The molecule has 1 heterocycles. The maximum Gasteiger partial charge on any atom is 0.122 e. The lowest BCUT2D eigenvalue weighted by Crippen LogP contribution is -2.31. The molecule has 0 saturated carbocycles. The van der Waals surface area contributed by atoms with Crippen LogP contribution in [0.5, 0.6) is 0 Å². The molecule has 0 bridgehead atoms. The first-order valence-corrected chi connectivity index (χ1v) is 6.80. The van der Waals surface area contributed by atoms with Crippen molar-refractivity contribution in [1.29, 1.82) is 5.41 Å². The van der Waals surface area contributed by atoms with Crippen molar-refractivity contribution in [2.24, 2.45) is 5.73 Å². The minimum absolute atomic E-state index is 0.142.